The van der Waals surface area contributed by atoms with E-state index in [9.17, 15) is 9.59 Å². The number of aryl methyl sites for hydroxylation is 1. The number of anilines is 2. The summed E-state index contributed by atoms with van der Waals surface area (Å²) in [6, 6.07) is 11.3. The van der Waals surface area contributed by atoms with Crippen molar-refractivity contribution in [3.05, 3.63) is 53.7 Å². The van der Waals surface area contributed by atoms with Crippen molar-refractivity contribution in [1.29, 1.82) is 0 Å². The first-order valence-electron chi connectivity index (χ1n) is 8.19. The minimum Gasteiger partial charge on any atom is -0.462 e. The summed E-state index contributed by atoms with van der Waals surface area (Å²) in [4.78, 5) is 30.2. The smallest absolute Gasteiger partial charge is 0.341 e. The Morgan fingerprint density at radius 2 is 1.88 bits per heavy atom. The molecule has 0 saturated carbocycles. The van der Waals surface area contributed by atoms with Crippen LogP contribution in [0.25, 0.3) is 0 Å². The van der Waals surface area contributed by atoms with Crippen LogP contribution in [0.4, 0.5) is 11.5 Å². The molecule has 0 unspecified atom stereocenters. The SMILES string of the molecule is CCOC(=O)c1cccnc1NC(=O)CCc1ccc(N(C)C)cc1. The predicted octanol–water partition coefficient (Wildman–Crippen LogP) is 2.90. The predicted molar refractivity (Wildman–Crippen MR) is 97.9 cm³/mol. The fraction of sp³-hybridized carbons (Fsp3) is 0.316. The van der Waals surface area contributed by atoms with Crippen molar-refractivity contribution in [1.82, 2.24) is 4.98 Å². The van der Waals surface area contributed by atoms with Gasteiger partial charge in [-0.2, -0.15) is 0 Å². The summed E-state index contributed by atoms with van der Waals surface area (Å²) in [7, 11) is 3.97. The van der Waals surface area contributed by atoms with Gasteiger partial charge >= 0.3 is 5.97 Å². The zero-order valence-electron chi connectivity index (χ0n) is 14.8. The van der Waals surface area contributed by atoms with E-state index >= 15 is 0 Å². The quantitative estimate of drug-likeness (QED) is 0.784. The van der Waals surface area contributed by atoms with Crippen LogP contribution in [0.3, 0.4) is 0 Å². The molecular weight excluding hydrogens is 318 g/mol. The van der Waals surface area contributed by atoms with Crippen LogP contribution in [0.2, 0.25) is 0 Å². The summed E-state index contributed by atoms with van der Waals surface area (Å²) in [5.41, 5.74) is 2.45. The number of rotatable bonds is 7. The van der Waals surface area contributed by atoms with Crippen molar-refractivity contribution in [3.63, 3.8) is 0 Å². The number of aromatic nitrogens is 1. The van der Waals surface area contributed by atoms with E-state index < -0.39 is 5.97 Å². The molecule has 1 heterocycles. The number of amides is 1. The van der Waals surface area contributed by atoms with E-state index in [1.165, 1.54) is 6.20 Å². The van der Waals surface area contributed by atoms with Crippen LogP contribution in [0.15, 0.2) is 42.6 Å². The monoisotopic (exact) mass is 341 g/mol. The highest BCUT2D eigenvalue weighted by Crippen LogP contribution is 2.15. The number of hydrogen-bond acceptors (Lipinski definition) is 5. The summed E-state index contributed by atoms with van der Waals surface area (Å²) in [5.74, 6) is -0.458. The Hall–Kier alpha value is -2.89. The third-order valence-electron chi connectivity index (χ3n) is 3.65. The normalized spacial score (nSPS) is 10.2. The van der Waals surface area contributed by atoms with Crippen molar-refractivity contribution in [2.45, 2.75) is 19.8 Å². The summed E-state index contributed by atoms with van der Waals surface area (Å²) in [5, 5.41) is 2.69. The lowest BCUT2D eigenvalue weighted by Crippen LogP contribution is -2.17. The molecule has 0 saturated heterocycles. The zero-order valence-corrected chi connectivity index (χ0v) is 14.8. The van der Waals surface area contributed by atoms with Gasteiger partial charge in [0, 0.05) is 32.4 Å². The number of nitrogens with one attached hydrogen (secondary N) is 1. The number of pyridine rings is 1. The molecule has 0 spiro atoms. The van der Waals surface area contributed by atoms with Crippen LogP contribution in [0.1, 0.15) is 29.3 Å². The molecule has 0 aliphatic carbocycles. The largest absolute Gasteiger partial charge is 0.462 e. The number of carbonyl (C=O) groups is 2. The maximum Gasteiger partial charge on any atom is 0.341 e. The molecule has 1 aromatic carbocycles. The van der Waals surface area contributed by atoms with E-state index in [4.69, 9.17) is 4.74 Å². The Bertz CT molecular complexity index is 727. The number of hydrogen-bond donors (Lipinski definition) is 1. The van der Waals surface area contributed by atoms with E-state index in [2.05, 4.69) is 10.3 Å². The third kappa shape index (κ3) is 5.31. The molecule has 0 fully saturated rings. The first kappa shape index (κ1) is 18.4. The van der Waals surface area contributed by atoms with Gasteiger partial charge in [-0.1, -0.05) is 12.1 Å². The Morgan fingerprint density at radius 3 is 2.52 bits per heavy atom. The Morgan fingerprint density at radius 1 is 1.16 bits per heavy atom. The minimum absolute atomic E-state index is 0.194. The van der Waals surface area contributed by atoms with E-state index in [0.717, 1.165) is 11.3 Å². The van der Waals surface area contributed by atoms with Crippen molar-refractivity contribution in [2.75, 3.05) is 30.9 Å². The Kier molecular flexibility index (Phi) is 6.51. The number of ether oxygens (including phenoxy) is 1. The Balaban J connectivity index is 1.95. The third-order valence-corrected chi connectivity index (χ3v) is 3.65. The number of nitrogens with zero attached hydrogens (tertiary/aromatic N) is 2. The van der Waals surface area contributed by atoms with Crippen LogP contribution in [0.5, 0.6) is 0 Å². The van der Waals surface area contributed by atoms with Gasteiger partial charge in [0.15, 0.2) is 0 Å². The second-order valence-electron chi connectivity index (χ2n) is 5.73. The first-order valence-corrected chi connectivity index (χ1v) is 8.19. The molecule has 1 N–H and O–H groups in total. The number of carbonyl (C=O) groups excluding carboxylic acids is 2. The van der Waals surface area contributed by atoms with Gasteiger partial charge in [-0.25, -0.2) is 9.78 Å². The van der Waals surface area contributed by atoms with Gasteiger partial charge in [-0.3, -0.25) is 4.79 Å². The molecule has 0 aliphatic rings. The molecule has 2 rings (SSSR count). The molecule has 25 heavy (non-hydrogen) atoms. The Labute approximate surface area is 147 Å². The molecule has 0 atom stereocenters. The molecular formula is C19H23N3O3. The number of esters is 1. The zero-order chi connectivity index (χ0) is 18.2. The molecule has 1 aromatic heterocycles. The van der Waals surface area contributed by atoms with E-state index in [1.54, 1.807) is 19.1 Å². The van der Waals surface area contributed by atoms with Crippen LogP contribution in [-0.2, 0) is 16.0 Å². The van der Waals surface area contributed by atoms with Crippen molar-refractivity contribution < 1.29 is 14.3 Å². The first-order chi connectivity index (χ1) is 12.0. The van der Waals surface area contributed by atoms with Gasteiger partial charge < -0.3 is 15.0 Å². The average Bonchev–Trinajstić information content (AvgIpc) is 2.61. The molecule has 1 amide bonds. The molecule has 2 aromatic rings. The molecule has 6 nitrogen and oxygen atoms in total. The lowest BCUT2D eigenvalue weighted by atomic mass is 10.1. The fourth-order valence-corrected chi connectivity index (χ4v) is 2.29. The molecule has 6 heteroatoms. The lowest BCUT2D eigenvalue weighted by molar-refractivity contribution is -0.116. The second-order valence-corrected chi connectivity index (χ2v) is 5.73. The maximum absolute atomic E-state index is 12.2. The van der Waals surface area contributed by atoms with Crippen LogP contribution in [-0.4, -0.2) is 37.6 Å². The van der Waals surface area contributed by atoms with E-state index in [1.807, 2.05) is 43.3 Å². The standard InChI is InChI=1S/C19H23N3O3/c1-4-25-19(24)16-6-5-13-20-18(16)21-17(23)12-9-14-7-10-15(11-8-14)22(2)3/h5-8,10-11,13H,4,9,12H2,1-3H3,(H,20,21,23). The van der Waals surface area contributed by atoms with Crippen molar-refractivity contribution in [2.24, 2.45) is 0 Å². The summed E-state index contributed by atoms with van der Waals surface area (Å²) in [6.07, 6.45) is 2.44. The van der Waals surface area contributed by atoms with E-state index in [0.29, 0.717) is 12.8 Å². The van der Waals surface area contributed by atoms with Gasteiger partial charge in [-0.15, -0.1) is 0 Å². The highest BCUT2D eigenvalue weighted by Gasteiger charge is 2.15. The fourth-order valence-electron chi connectivity index (χ4n) is 2.29. The van der Waals surface area contributed by atoms with Gasteiger partial charge in [0.1, 0.15) is 11.4 Å². The number of benzene rings is 1. The van der Waals surface area contributed by atoms with Crippen molar-refractivity contribution in [3.8, 4) is 0 Å². The van der Waals surface area contributed by atoms with Gasteiger partial charge in [0.2, 0.25) is 5.91 Å². The van der Waals surface area contributed by atoms with Crippen molar-refractivity contribution >= 4 is 23.4 Å². The maximum atomic E-state index is 12.2. The average molecular weight is 341 g/mol. The highest BCUT2D eigenvalue weighted by molar-refractivity contribution is 6.00. The summed E-state index contributed by atoms with van der Waals surface area (Å²) in [6.45, 7) is 2.00. The van der Waals surface area contributed by atoms with Crippen LogP contribution in [0, 0.1) is 0 Å². The van der Waals surface area contributed by atoms with E-state index in [-0.39, 0.29) is 23.9 Å². The van der Waals surface area contributed by atoms with Crippen LogP contribution >= 0.6 is 0 Å². The molecule has 0 radical (unpaired) electrons. The van der Waals surface area contributed by atoms with Gasteiger partial charge in [-0.05, 0) is 43.2 Å². The molecule has 0 bridgehead atoms. The van der Waals surface area contributed by atoms with Crippen LogP contribution < -0.4 is 10.2 Å². The second kappa shape index (κ2) is 8.82. The highest BCUT2D eigenvalue weighted by atomic mass is 16.5. The topological polar surface area (TPSA) is 71.5 Å². The lowest BCUT2D eigenvalue weighted by Gasteiger charge is -2.12. The van der Waals surface area contributed by atoms with Gasteiger partial charge in [0.05, 0.1) is 6.61 Å². The molecule has 0 aliphatic heterocycles. The molecule has 132 valence electrons. The summed E-state index contributed by atoms with van der Waals surface area (Å²) < 4.78 is 4.98. The van der Waals surface area contributed by atoms with Gasteiger partial charge in [0.25, 0.3) is 0 Å². The summed E-state index contributed by atoms with van der Waals surface area (Å²) >= 11 is 0. The minimum atomic E-state index is -0.495.